The molecule has 6 nitrogen and oxygen atoms in total. The van der Waals surface area contributed by atoms with Crippen LogP contribution in [0.1, 0.15) is 13.8 Å². The molecule has 1 amide bonds. The molecule has 1 aromatic rings. The van der Waals surface area contributed by atoms with E-state index < -0.39 is 11.8 Å². The van der Waals surface area contributed by atoms with E-state index in [-0.39, 0.29) is 18.1 Å². The third kappa shape index (κ3) is 2.39. The molecule has 0 aliphatic carbocycles. The van der Waals surface area contributed by atoms with Gasteiger partial charge in [0.1, 0.15) is 17.9 Å². The van der Waals surface area contributed by atoms with E-state index in [2.05, 4.69) is 0 Å². The molecular formula is C15H20N2O4. The molecule has 2 aliphatic rings. The zero-order valence-electron chi connectivity index (χ0n) is 12.4. The quantitative estimate of drug-likeness (QED) is 0.838. The zero-order chi connectivity index (χ0) is 15.2. The highest BCUT2D eigenvalue weighted by molar-refractivity contribution is 6.05. The number of anilines is 1. The summed E-state index contributed by atoms with van der Waals surface area (Å²) in [6.45, 7) is 4.15. The molecule has 0 aromatic heterocycles. The minimum absolute atomic E-state index is 0.0986. The molecule has 0 unspecified atom stereocenters. The Labute approximate surface area is 123 Å². The molecule has 6 heteroatoms. The topological polar surface area (TPSA) is 74.0 Å². The fourth-order valence-corrected chi connectivity index (χ4v) is 2.86. The maximum Gasteiger partial charge on any atom is 0.246 e. The smallest absolute Gasteiger partial charge is 0.246 e. The minimum atomic E-state index is -0.630. The van der Waals surface area contributed by atoms with E-state index in [1.54, 1.807) is 12.0 Å². The van der Waals surface area contributed by atoms with Crippen LogP contribution in [0.4, 0.5) is 5.69 Å². The molecular weight excluding hydrogens is 272 g/mol. The number of rotatable bonds is 3. The highest BCUT2D eigenvalue weighted by atomic mass is 16.7. The van der Waals surface area contributed by atoms with Gasteiger partial charge in [-0.25, -0.2) is 0 Å². The van der Waals surface area contributed by atoms with Crippen LogP contribution in [0.15, 0.2) is 24.3 Å². The van der Waals surface area contributed by atoms with Crippen LogP contribution < -0.4 is 15.4 Å². The SMILES string of the molecule is COc1ccc(N2C(=O)[C@@H](N)[C@H]2[C@@H]2COC(C)(C)O2)cc1. The van der Waals surface area contributed by atoms with Crippen LogP contribution >= 0.6 is 0 Å². The summed E-state index contributed by atoms with van der Waals surface area (Å²) in [5.74, 6) is 0.0156. The highest BCUT2D eigenvalue weighted by Crippen LogP contribution is 2.35. The molecule has 3 atom stereocenters. The van der Waals surface area contributed by atoms with E-state index in [0.29, 0.717) is 6.61 Å². The first kappa shape index (κ1) is 14.3. The van der Waals surface area contributed by atoms with E-state index in [1.165, 1.54) is 0 Å². The molecule has 3 rings (SSSR count). The van der Waals surface area contributed by atoms with Crippen molar-refractivity contribution in [3.63, 3.8) is 0 Å². The van der Waals surface area contributed by atoms with E-state index in [1.807, 2.05) is 38.1 Å². The molecule has 0 radical (unpaired) electrons. The van der Waals surface area contributed by atoms with Gasteiger partial charge in [0.2, 0.25) is 5.91 Å². The molecule has 2 fully saturated rings. The summed E-state index contributed by atoms with van der Waals surface area (Å²) in [6.07, 6.45) is -0.213. The molecule has 2 saturated heterocycles. The van der Waals surface area contributed by atoms with Gasteiger partial charge >= 0.3 is 0 Å². The number of amides is 1. The van der Waals surface area contributed by atoms with Gasteiger partial charge in [0.05, 0.1) is 19.8 Å². The van der Waals surface area contributed by atoms with Crippen molar-refractivity contribution in [1.29, 1.82) is 0 Å². The molecule has 2 aliphatic heterocycles. The maximum absolute atomic E-state index is 12.1. The summed E-state index contributed by atoms with van der Waals surface area (Å²) >= 11 is 0. The fourth-order valence-electron chi connectivity index (χ4n) is 2.86. The third-order valence-electron chi connectivity index (χ3n) is 3.95. The van der Waals surface area contributed by atoms with Gasteiger partial charge in [-0.05, 0) is 38.1 Å². The Kier molecular flexibility index (Phi) is 3.39. The van der Waals surface area contributed by atoms with E-state index in [0.717, 1.165) is 11.4 Å². The van der Waals surface area contributed by atoms with Crippen molar-refractivity contribution < 1.29 is 19.0 Å². The van der Waals surface area contributed by atoms with Crippen LogP contribution in [-0.4, -0.2) is 43.6 Å². The number of hydrogen-bond acceptors (Lipinski definition) is 5. The second kappa shape index (κ2) is 4.98. The average molecular weight is 292 g/mol. The summed E-state index contributed by atoms with van der Waals surface area (Å²) in [5, 5.41) is 0. The molecule has 0 spiro atoms. The maximum atomic E-state index is 12.1. The van der Waals surface area contributed by atoms with Crippen molar-refractivity contribution >= 4 is 11.6 Å². The lowest BCUT2D eigenvalue weighted by atomic mass is 9.90. The Bertz CT molecular complexity index is 543. The number of carbonyl (C=O) groups is 1. The Morgan fingerprint density at radius 1 is 1.33 bits per heavy atom. The monoisotopic (exact) mass is 292 g/mol. The van der Waals surface area contributed by atoms with Gasteiger partial charge in [0, 0.05) is 5.69 Å². The number of benzene rings is 1. The Morgan fingerprint density at radius 2 is 2.00 bits per heavy atom. The van der Waals surface area contributed by atoms with E-state index in [9.17, 15) is 4.79 Å². The van der Waals surface area contributed by atoms with Gasteiger partial charge in [-0.1, -0.05) is 0 Å². The lowest BCUT2D eigenvalue weighted by Crippen LogP contribution is -2.73. The van der Waals surface area contributed by atoms with Gasteiger partial charge in [-0.3, -0.25) is 4.79 Å². The number of methoxy groups -OCH3 is 1. The van der Waals surface area contributed by atoms with E-state index >= 15 is 0 Å². The van der Waals surface area contributed by atoms with E-state index in [4.69, 9.17) is 19.9 Å². The van der Waals surface area contributed by atoms with Crippen LogP contribution in [-0.2, 0) is 14.3 Å². The number of ether oxygens (including phenoxy) is 3. The van der Waals surface area contributed by atoms with Crippen molar-refractivity contribution in [2.24, 2.45) is 5.73 Å². The Hall–Kier alpha value is -1.63. The van der Waals surface area contributed by atoms with Gasteiger partial charge in [0.15, 0.2) is 5.79 Å². The van der Waals surface area contributed by atoms with Gasteiger partial charge in [0.25, 0.3) is 0 Å². The number of nitrogens with two attached hydrogens (primary N) is 1. The third-order valence-corrected chi connectivity index (χ3v) is 3.95. The highest BCUT2D eigenvalue weighted by Gasteiger charge is 2.53. The minimum Gasteiger partial charge on any atom is -0.497 e. The van der Waals surface area contributed by atoms with Gasteiger partial charge in [-0.2, -0.15) is 0 Å². The molecule has 21 heavy (non-hydrogen) atoms. The van der Waals surface area contributed by atoms with Crippen molar-refractivity contribution in [2.45, 2.75) is 37.8 Å². The van der Waals surface area contributed by atoms with Crippen LogP contribution in [0.5, 0.6) is 5.75 Å². The normalized spacial score (nSPS) is 31.1. The molecule has 2 heterocycles. The molecule has 0 bridgehead atoms. The summed E-state index contributed by atoms with van der Waals surface area (Å²) in [5.41, 5.74) is 6.76. The summed E-state index contributed by atoms with van der Waals surface area (Å²) < 4.78 is 16.6. The Balaban J connectivity index is 1.81. The van der Waals surface area contributed by atoms with Crippen LogP contribution in [0.2, 0.25) is 0 Å². The predicted octanol–water partition coefficient (Wildman–Crippen LogP) is 0.889. The molecule has 0 saturated carbocycles. The van der Waals surface area contributed by atoms with Crippen molar-refractivity contribution in [2.75, 3.05) is 18.6 Å². The first-order valence-corrected chi connectivity index (χ1v) is 6.97. The number of hydrogen-bond donors (Lipinski definition) is 1. The first-order chi connectivity index (χ1) is 9.93. The molecule has 2 N–H and O–H groups in total. The van der Waals surface area contributed by atoms with Crippen LogP contribution in [0, 0.1) is 0 Å². The largest absolute Gasteiger partial charge is 0.497 e. The number of nitrogens with zero attached hydrogens (tertiary/aromatic N) is 1. The zero-order valence-corrected chi connectivity index (χ0v) is 12.4. The Morgan fingerprint density at radius 3 is 2.52 bits per heavy atom. The average Bonchev–Trinajstić information content (AvgIpc) is 2.83. The second-order valence-electron chi connectivity index (χ2n) is 5.79. The predicted molar refractivity (Wildman–Crippen MR) is 77.1 cm³/mol. The van der Waals surface area contributed by atoms with Crippen LogP contribution in [0.25, 0.3) is 0 Å². The van der Waals surface area contributed by atoms with Gasteiger partial charge < -0.3 is 24.8 Å². The van der Waals surface area contributed by atoms with Gasteiger partial charge in [-0.15, -0.1) is 0 Å². The lowest BCUT2D eigenvalue weighted by molar-refractivity contribution is -0.149. The van der Waals surface area contributed by atoms with Crippen molar-refractivity contribution in [1.82, 2.24) is 0 Å². The molecule has 114 valence electrons. The summed E-state index contributed by atoms with van der Waals surface area (Å²) in [7, 11) is 1.61. The second-order valence-corrected chi connectivity index (χ2v) is 5.79. The number of β-lactam (4-membered cyclic amide) rings is 1. The standard InChI is InChI=1S/C15H20N2O4/c1-15(2)20-8-11(21-15)13-12(16)14(18)17(13)9-4-6-10(19-3)7-5-9/h4-7,11-13H,8,16H2,1-3H3/t11-,12-,13+/m0/s1. The molecule has 1 aromatic carbocycles. The first-order valence-electron chi connectivity index (χ1n) is 6.97. The fraction of sp³-hybridized carbons (Fsp3) is 0.533. The van der Waals surface area contributed by atoms with Crippen molar-refractivity contribution in [3.05, 3.63) is 24.3 Å². The number of carbonyl (C=O) groups excluding carboxylic acids is 1. The lowest BCUT2D eigenvalue weighted by Gasteiger charge is -2.47. The van der Waals surface area contributed by atoms with Crippen LogP contribution in [0.3, 0.4) is 0 Å². The summed E-state index contributed by atoms with van der Waals surface area (Å²) in [6, 6.07) is 6.58. The summed E-state index contributed by atoms with van der Waals surface area (Å²) in [4.78, 5) is 13.8. The van der Waals surface area contributed by atoms with Crippen molar-refractivity contribution in [3.8, 4) is 5.75 Å².